The highest BCUT2D eigenvalue weighted by molar-refractivity contribution is 6.32. The van der Waals surface area contributed by atoms with Crippen molar-refractivity contribution >= 4 is 29.0 Å². The van der Waals surface area contributed by atoms with Crippen LogP contribution in [0.15, 0.2) is 48.2 Å². The predicted octanol–water partition coefficient (Wildman–Crippen LogP) is 3.79. The van der Waals surface area contributed by atoms with Crippen molar-refractivity contribution in [3.8, 4) is 0 Å². The summed E-state index contributed by atoms with van der Waals surface area (Å²) < 4.78 is 26.1. The molecule has 1 N–H and O–H groups in total. The van der Waals surface area contributed by atoms with Crippen LogP contribution in [-0.4, -0.2) is 24.0 Å². The number of anilines is 2. The highest BCUT2D eigenvalue weighted by atomic mass is 35.5. The van der Waals surface area contributed by atoms with Gasteiger partial charge in [-0.25, -0.2) is 13.8 Å². The Hall–Kier alpha value is -2.47. The molecule has 1 amide bonds. The third kappa shape index (κ3) is 3.54. The molecule has 0 atom stereocenters. The van der Waals surface area contributed by atoms with Gasteiger partial charge in [0.15, 0.2) is 11.6 Å². The van der Waals surface area contributed by atoms with E-state index in [0.29, 0.717) is 35.9 Å². The quantitative estimate of drug-likeness (QED) is 0.917. The fourth-order valence-corrected chi connectivity index (χ4v) is 2.70. The SMILES string of the molecule is O=C(Nc1ccc(F)c(F)c1)C1=CCN(c2ncccc2Cl)CC1. The predicted molar refractivity (Wildman–Crippen MR) is 89.1 cm³/mol. The first-order chi connectivity index (χ1) is 11.5. The van der Waals surface area contributed by atoms with E-state index in [1.165, 1.54) is 6.07 Å². The van der Waals surface area contributed by atoms with Crippen molar-refractivity contribution in [2.75, 3.05) is 23.3 Å². The van der Waals surface area contributed by atoms with Crippen molar-refractivity contribution in [3.63, 3.8) is 0 Å². The number of carbonyl (C=O) groups is 1. The zero-order valence-electron chi connectivity index (χ0n) is 12.6. The molecule has 2 aromatic rings. The summed E-state index contributed by atoms with van der Waals surface area (Å²) in [5.41, 5.74) is 0.804. The molecule has 1 aliphatic rings. The number of nitrogens with one attached hydrogen (secondary N) is 1. The highest BCUT2D eigenvalue weighted by Gasteiger charge is 2.19. The molecule has 2 heterocycles. The molecular formula is C17H14ClF2N3O. The van der Waals surface area contributed by atoms with Crippen LogP contribution in [-0.2, 0) is 4.79 Å². The van der Waals surface area contributed by atoms with Gasteiger partial charge < -0.3 is 10.2 Å². The van der Waals surface area contributed by atoms with Gasteiger partial charge in [0.1, 0.15) is 5.82 Å². The first-order valence-corrected chi connectivity index (χ1v) is 7.73. The zero-order chi connectivity index (χ0) is 17.1. The smallest absolute Gasteiger partial charge is 0.251 e. The summed E-state index contributed by atoms with van der Waals surface area (Å²) in [5, 5.41) is 3.13. The summed E-state index contributed by atoms with van der Waals surface area (Å²) in [7, 11) is 0. The number of amides is 1. The van der Waals surface area contributed by atoms with E-state index < -0.39 is 11.6 Å². The average Bonchev–Trinajstić information content (AvgIpc) is 2.59. The lowest BCUT2D eigenvalue weighted by Gasteiger charge is -2.27. The molecule has 24 heavy (non-hydrogen) atoms. The van der Waals surface area contributed by atoms with Crippen molar-refractivity contribution in [2.24, 2.45) is 0 Å². The van der Waals surface area contributed by atoms with Gasteiger partial charge in [0, 0.05) is 36.6 Å². The molecule has 0 bridgehead atoms. The third-order valence-corrected chi connectivity index (χ3v) is 4.01. The number of hydrogen-bond donors (Lipinski definition) is 1. The second-order valence-corrected chi connectivity index (χ2v) is 5.72. The number of rotatable bonds is 3. The average molecular weight is 350 g/mol. The van der Waals surface area contributed by atoms with E-state index in [1.807, 2.05) is 4.90 Å². The number of halogens is 3. The lowest BCUT2D eigenvalue weighted by Crippen LogP contribution is -2.32. The van der Waals surface area contributed by atoms with Crippen molar-refractivity contribution in [1.82, 2.24) is 4.98 Å². The summed E-state index contributed by atoms with van der Waals surface area (Å²) >= 11 is 6.12. The Kier molecular flexibility index (Phi) is 4.76. The summed E-state index contributed by atoms with van der Waals surface area (Å²) in [4.78, 5) is 18.4. The lowest BCUT2D eigenvalue weighted by atomic mass is 10.1. The number of carbonyl (C=O) groups excluding carboxylic acids is 1. The molecule has 124 valence electrons. The number of pyridine rings is 1. The van der Waals surface area contributed by atoms with Crippen LogP contribution in [0.4, 0.5) is 20.3 Å². The molecule has 0 saturated carbocycles. The monoisotopic (exact) mass is 349 g/mol. The Morgan fingerprint density at radius 1 is 1.25 bits per heavy atom. The van der Waals surface area contributed by atoms with E-state index in [0.717, 1.165) is 12.1 Å². The van der Waals surface area contributed by atoms with Gasteiger partial charge in [-0.15, -0.1) is 0 Å². The molecular weight excluding hydrogens is 336 g/mol. The normalized spacial score (nSPS) is 14.3. The summed E-state index contributed by atoms with van der Waals surface area (Å²) in [6.45, 7) is 1.09. The van der Waals surface area contributed by atoms with Crippen molar-refractivity contribution in [2.45, 2.75) is 6.42 Å². The van der Waals surface area contributed by atoms with Gasteiger partial charge in [-0.3, -0.25) is 4.79 Å². The molecule has 4 nitrogen and oxygen atoms in total. The van der Waals surface area contributed by atoms with E-state index in [2.05, 4.69) is 10.3 Å². The standard InChI is InChI=1S/C17H14ClF2N3O/c18-13-2-1-7-21-16(13)23-8-5-11(6-9-23)17(24)22-12-3-4-14(19)15(20)10-12/h1-5,7,10H,6,8-9H2,(H,22,24). The van der Waals surface area contributed by atoms with E-state index in [9.17, 15) is 13.6 Å². The topological polar surface area (TPSA) is 45.2 Å². The minimum absolute atomic E-state index is 0.218. The lowest BCUT2D eigenvalue weighted by molar-refractivity contribution is -0.113. The van der Waals surface area contributed by atoms with E-state index >= 15 is 0 Å². The second kappa shape index (κ2) is 6.97. The molecule has 0 saturated heterocycles. The minimum Gasteiger partial charge on any atom is -0.351 e. The fraction of sp³-hybridized carbons (Fsp3) is 0.176. The van der Waals surface area contributed by atoms with E-state index in [1.54, 1.807) is 24.4 Å². The van der Waals surface area contributed by atoms with E-state index in [4.69, 9.17) is 11.6 Å². The zero-order valence-corrected chi connectivity index (χ0v) is 13.4. The van der Waals surface area contributed by atoms with Crippen LogP contribution in [0.5, 0.6) is 0 Å². The fourth-order valence-electron chi connectivity index (χ4n) is 2.46. The van der Waals surface area contributed by atoms with Gasteiger partial charge in [-0.05, 0) is 30.7 Å². The van der Waals surface area contributed by atoms with Gasteiger partial charge in [-0.2, -0.15) is 0 Å². The summed E-state index contributed by atoms with van der Waals surface area (Å²) in [5.74, 6) is -1.60. The Labute approximate surface area is 142 Å². The summed E-state index contributed by atoms with van der Waals surface area (Å²) in [6.07, 6.45) is 3.95. The Morgan fingerprint density at radius 2 is 2.08 bits per heavy atom. The molecule has 1 aliphatic heterocycles. The van der Waals surface area contributed by atoms with Gasteiger partial charge in [0.05, 0.1) is 5.02 Å². The molecule has 1 aromatic carbocycles. The van der Waals surface area contributed by atoms with Crippen LogP contribution in [0.1, 0.15) is 6.42 Å². The first kappa shape index (κ1) is 16.4. The molecule has 7 heteroatoms. The molecule has 0 unspecified atom stereocenters. The molecule has 0 aliphatic carbocycles. The number of nitrogens with zero attached hydrogens (tertiary/aromatic N) is 2. The molecule has 3 rings (SSSR count). The van der Waals surface area contributed by atoms with Crippen LogP contribution >= 0.6 is 11.6 Å². The summed E-state index contributed by atoms with van der Waals surface area (Å²) in [6, 6.07) is 6.77. The Bertz CT molecular complexity index is 810. The van der Waals surface area contributed by atoms with Crippen molar-refractivity contribution in [3.05, 3.63) is 64.8 Å². The third-order valence-electron chi connectivity index (χ3n) is 3.72. The maximum atomic E-state index is 13.2. The maximum Gasteiger partial charge on any atom is 0.251 e. The molecule has 0 radical (unpaired) electrons. The Balaban J connectivity index is 1.67. The second-order valence-electron chi connectivity index (χ2n) is 5.32. The van der Waals surface area contributed by atoms with Crippen LogP contribution in [0.3, 0.4) is 0 Å². The van der Waals surface area contributed by atoms with Crippen molar-refractivity contribution in [1.29, 1.82) is 0 Å². The van der Waals surface area contributed by atoms with Gasteiger partial charge in [-0.1, -0.05) is 17.7 Å². The highest BCUT2D eigenvalue weighted by Crippen LogP contribution is 2.25. The largest absolute Gasteiger partial charge is 0.351 e. The molecule has 0 spiro atoms. The van der Waals surface area contributed by atoms with Gasteiger partial charge in [0.2, 0.25) is 0 Å². The molecule has 1 aromatic heterocycles. The van der Waals surface area contributed by atoms with Crippen LogP contribution in [0.2, 0.25) is 5.02 Å². The minimum atomic E-state index is -0.999. The van der Waals surface area contributed by atoms with Gasteiger partial charge >= 0.3 is 0 Å². The van der Waals surface area contributed by atoms with Crippen LogP contribution < -0.4 is 10.2 Å². The van der Waals surface area contributed by atoms with E-state index in [-0.39, 0.29) is 11.6 Å². The number of benzene rings is 1. The van der Waals surface area contributed by atoms with Gasteiger partial charge in [0.25, 0.3) is 5.91 Å². The maximum absolute atomic E-state index is 13.2. The number of hydrogen-bond acceptors (Lipinski definition) is 3. The number of aromatic nitrogens is 1. The Morgan fingerprint density at radius 3 is 2.75 bits per heavy atom. The van der Waals surface area contributed by atoms with Crippen LogP contribution in [0.25, 0.3) is 0 Å². The first-order valence-electron chi connectivity index (χ1n) is 7.35. The van der Waals surface area contributed by atoms with Crippen LogP contribution in [0, 0.1) is 11.6 Å². The molecule has 0 fully saturated rings. The van der Waals surface area contributed by atoms with Crippen molar-refractivity contribution < 1.29 is 13.6 Å².